The summed E-state index contributed by atoms with van der Waals surface area (Å²) in [7, 11) is 1.28. The van der Waals surface area contributed by atoms with Gasteiger partial charge in [-0.1, -0.05) is 17.7 Å². The summed E-state index contributed by atoms with van der Waals surface area (Å²) in [5, 5.41) is 3.00. The number of anilines is 1. The zero-order valence-electron chi connectivity index (χ0n) is 15.4. The number of carbonyl (C=O) groups is 2. The number of hydrogen-bond donors (Lipinski definition) is 1. The topological polar surface area (TPSA) is 64.6 Å². The van der Waals surface area contributed by atoms with Crippen molar-refractivity contribution in [2.75, 3.05) is 12.4 Å². The third kappa shape index (κ3) is 4.61. The Hall–Kier alpha value is -2.53. The molecule has 1 aliphatic carbocycles. The fraction of sp³-hybridized carbons (Fsp3) is 0.333. The lowest BCUT2D eigenvalue weighted by Crippen LogP contribution is -2.30. The van der Waals surface area contributed by atoms with Crippen LogP contribution in [0.2, 0.25) is 5.02 Å². The second kappa shape index (κ2) is 8.44. The van der Waals surface area contributed by atoms with E-state index in [1.807, 2.05) is 12.1 Å². The van der Waals surface area contributed by atoms with Crippen molar-refractivity contribution in [2.45, 2.75) is 38.7 Å². The molecule has 3 rings (SSSR count). The van der Waals surface area contributed by atoms with Gasteiger partial charge in [-0.25, -0.2) is 4.79 Å². The molecule has 5 nitrogen and oxygen atoms in total. The van der Waals surface area contributed by atoms with E-state index in [9.17, 15) is 9.59 Å². The Morgan fingerprint density at radius 2 is 1.81 bits per heavy atom. The summed E-state index contributed by atoms with van der Waals surface area (Å²) in [6.45, 7) is 1.69. The molecule has 0 radical (unpaired) electrons. The quantitative estimate of drug-likeness (QED) is 0.772. The molecule has 0 bridgehead atoms. The van der Waals surface area contributed by atoms with Gasteiger partial charge in [0.25, 0.3) is 5.91 Å². The highest BCUT2D eigenvalue weighted by Gasteiger charge is 2.18. The molecule has 6 heteroatoms. The van der Waals surface area contributed by atoms with Crippen molar-refractivity contribution in [2.24, 2.45) is 0 Å². The average Bonchev–Trinajstić information content (AvgIpc) is 2.68. The number of carbonyl (C=O) groups excluding carboxylic acids is 2. The van der Waals surface area contributed by atoms with Crippen molar-refractivity contribution in [3.05, 3.63) is 58.1 Å². The van der Waals surface area contributed by atoms with Crippen LogP contribution in [0.15, 0.2) is 36.4 Å². The number of aryl methyl sites for hydroxylation is 2. The zero-order valence-corrected chi connectivity index (χ0v) is 16.1. The normalized spacial score (nSPS) is 14.0. The molecule has 2 aromatic carbocycles. The number of methoxy groups -OCH3 is 1. The maximum Gasteiger partial charge on any atom is 0.339 e. The van der Waals surface area contributed by atoms with Crippen LogP contribution in [-0.2, 0) is 22.4 Å². The average molecular weight is 388 g/mol. The van der Waals surface area contributed by atoms with Crippen LogP contribution in [0.25, 0.3) is 0 Å². The van der Waals surface area contributed by atoms with Gasteiger partial charge in [0.1, 0.15) is 5.75 Å². The van der Waals surface area contributed by atoms with Crippen LogP contribution in [0.3, 0.4) is 0 Å². The molecule has 1 aliphatic rings. The molecule has 1 unspecified atom stereocenters. The predicted molar refractivity (Wildman–Crippen MR) is 105 cm³/mol. The third-order valence-electron chi connectivity index (χ3n) is 4.64. The van der Waals surface area contributed by atoms with Gasteiger partial charge in [0.15, 0.2) is 6.10 Å². The number of rotatable bonds is 5. The van der Waals surface area contributed by atoms with E-state index in [4.69, 9.17) is 16.3 Å². The minimum absolute atomic E-state index is 0.195. The van der Waals surface area contributed by atoms with Gasteiger partial charge in [0, 0.05) is 5.69 Å². The molecule has 1 atom stereocenters. The number of fused-ring (bicyclic) bond motifs is 1. The first-order valence-corrected chi connectivity index (χ1v) is 9.33. The predicted octanol–water partition coefficient (Wildman–Crippen LogP) is 4.41. The van der Waals surface area contributed by atoms with Gasteiger partial charge < -0.3 is 14.8 Å². The third-order valence-corrected chi connectivity index (χ3v) is 4.97. The molecule has 142 valence electrons. The summed E-state index contributed by atoms with van der Waals surface area (Å²) in [6, 6.07) is 10.7. The fourth-order valence-corrected chi connectivity index (χ4v) is 3.35. The first kappa shape index (κ1) is 19.2. The Labute approximate surface area is 163 Å². The molecule has 0 aliphatic heterocycles. The summed E-state index contributed by atoms with van der Waals surface area (Å²) in [5.41, 5.74) is 3.31. The van der Waals surface area contributed by atoms with Crippen LogP contribution >= 0.6 is 11.6 Å². The zero-order chi connectivity index (χ0) is 19.4. The Morgan fingerprint density at radius 3 is 2.56 bits per heavy atom. The summed E-state index contributed by atoms with van der Waals surface area (Å²) in [4.78, 5) is 24.2. The highest BCUT2D eigenvalue weighted by Crippen LogP contribution is 2.26. The van der Waals surface area contributed by atoms with Crippen molar-refractivity contribution < 1.29 is 19.1 Å². The van der Waals surface area contributed by atoms with Gasteiger partial charge in [-0.2, -0.15) is 0 Å². The van der Waals surface area contributed by atoms with E-state index in [2.05, 4.69) is 16.1 Å². The molecule has 0 saturated heterocycles. The molecular weight excluding hydrogens is 366 g/mol. The second-order valence-corrected chi connectivity index (χ2v) is 6.98. The van der Waals surface area contributed by atoms with E-state index in [1.54, 1.807) is 19.1 Å². The summed E-state index contributed by atoms with van der Waals surface area (Å²) in [5.74, 6) is -0.190. The highest BCUT2D eigenvalue weighted by molar-refractivity contribution is 6.33. The van der Waals surface area contributed by atoms with Crippen LogP contribution < -0.4 is 10.1 Å². The highest BCUT2D eigenvalue weighted by atomic mass is 35.5. The first-order valence-electron chi connectivity index (χ1n) is 8.95. The monoisotopic (exact) mass is 387 g/mol. The van der Waals surface area contributed by atoms with Crippen LogP contribution in [-0.4, -0.2) is 25.1 Å². The molecular formula is C21H22ClNO4. The summed E-state index contributed by atoms with van der Waals surface area (Å²) in [6.07, 6.45) is 3.87. The van der Waals surface area contributed by atoms with E-state index in [1.165, 1.54) is 37.1 Å². The fourth-order valence-electron chi connectivity index (χ4n) is 3.15. The minimum atomic E-state index is -0.691. The molecule has 0 heterocycles. The van der Waals surface area contributed by atoms with E-state index in [0.29, 0.717) is 11.4 Å². The van der Waals surface area contributed by atoms with E-state index in [0.717, 1.165) is 12.8 Å². The van der Waals surface area contributed by atoms with Gasteiger partial charge in [0.2, 0.25) is 0 Å². The lowest BCUT2D eigenvalue weighted by Gasteiger charge is -2.19. The number of hydrogen-bond acceptors (Lipinski definition) is 4. The van der Waals surface area contributed by atoms with Gasteiger partial charge in [0.05, 0.1) is 17.7 Å². The molecule has 0 saturated carbocycles. The Bertz CT molecular complexity index is 865. The summed E-state index contributed by atoms with van der Waals surface area (Å²) < 4.78 is 10.5. The molecule has 1 N–H and O–H groups in total. The molecule has 1 amide bonds. The number of benzene rings is 2. The molecule has 0 aromatic heterocycles. The van der Waals surface area contributed by atoms with E-state index < -0.39 is 12.1 Å². The van der Waals surface area contributed by atoms with Gasteiger partial charge >= 0.3 is 5.97 Å². The van der Waals surface area contributed by atoms with Crippen molar-refractivity contribution in [1.29, 1.82) is 0 Å². The number of amides is 1. The van der Waals surface area contributed by atoms with Crippen molar-refractivity contribution >= 4 is 29.2 Å². The largest absolute Gasteiger partial charge is 0.481 e. The lowest BCUT2D eigenvalue weighted by molar-refractivity contribution is -0.122. The Kier molecular flexibility index (Phi) is 6.01. The smallest absolute Gasteiger partial charge is 0.339 e. The first-order chi connectivity index (χ1) is 13.0. The SMILES string of the molecule is COC(=O)c1cc(NC(=O)C(C)Oc2ccc3c(c2)CCCC3)ccc1Cl. The van der Waals surface area contributed by atoms with Crippen molar-refractivity contribution in [1.82, 2.24) is 0 Å². The lowest BCUT2D eigenvalue weighted by atomic mass is 9.92. The standard InChI is InChI=1S/C21H22ClNO4/c1-13(27-17-9-7-14-5-3-4-6-15(14)11-17)20(24)23-16-8-10-19(22)18(12-16)21(25)26-2/h7-13H,3-6H2,1-2H3,(H,23,24). The van der Waals surface area contributed by atoms with Crippen molar-refractivity contribution in [3.63, 3.8) is 0 Å². The van der Waals surface area contributed by atoms with Crippen LogP contribution in [0.1, 0.15) is 41.3 Å². The molecule has 27 heavy (non-hydrogen) atoms. The molecule has 0 spiro atoms. The van der Waals surface area contributed by atoms with Gasteiger partial charge in [-0.15, -0.1) is 0 Å². The maximum absolute atomic E-state index is 12.5. The molecule has 2 aromatic rings. The number of nitrogens with one attached hydrogen (secondary N) is 1. The van der Waals surface area contributed by atoms with Crippen molar-refractivity contribution in [3.8, 4) is 5.75 Å². The Morgan fingerprint density at radius 1 is 1.07 bits per heavy atom. The van der Waals surface area contributed by atoms with Crippen LogP contribution in [0.4, 0.5) is 5.69 Å². The van der Waals surface area contributed by atoms with Crippen LogP contribution in [0.5, 0.6) is 5.75 Å². The van der Waals surface area contributed by atoms with E-state index >= 15 is 0 Å². The summed E-state index contributed by atoms with van der Waals surface area (Å²) >= 11 is 6.00. The maximum atomic E-state index is 12.5. The molecule has 0 fully saturated rings. The van der Waals surface area contributed by atoms with Gasteiger partial charge in [-0.3, -0.25) is 4.79 Å². The van der Waals surface area contributed by atoms with Crippen LogP contribution in [0, 0.1) is 0 Å². The Balaban J connectivity index is 1.67. The number of esters is 1. The van der Waals surface area contributed by atoms with Gasteiger partial charge in [-0.05, 0) is 74.1 Å². The second-order valence-electron chi connectivity index (χ2n) is 6.57. The minimum Gasteiger partial charge on any atom is -0.481 e. The number of ether oxygens (including phenoxy) is 2. The van der Waals surface area contributed by atoms with E-state index in [-0.39, 0.29) is 16.5 Å². The number of halogens is 1.